The van der Waals surface area contributed by atoms with Gasteiger partial charge in [0.2, 0.25) is 0 Å². The molecule has 0 bridgehead atoms. The van der Waals surface area contributed by atoms with Gasteiger partial charge in [0.05, 0.1) is 9.83 Å². The van der Waals surface area contributed by atoms with Crippen LogP contribution < -0.4 is 0 Å². The number of amides is 2. The number of thioether (sulfide) groups is 1. The number of carbonyl (C=O) groups excluding carboxylic acids is 2. The monoisotopic (exact) mass is 422 g/mol. The van der Waals surface area contributed by atoms with Crippen molar-refractivity contribution in [1.29, 1.82) is 0 Å². The summed E-state index contributed by atoms with van der Waals surface area (Å²) >= 11 is 4.16. The molecule has 0 N–H and O–H groups in total. The molecule has 2 heterocycles. The molecule has 0 radical (unpaired) electrons. The summed E-state index contributed by atoms with van der Waals surface area (Å²) in [5.74, 6) is 0.566. The van der Waals surface area contributed by atoms with Gasteiger partial charge < -0.3 is 4.42 Å². The number of furan rings is 1. The van der Waals surface area contributed by atoms with Crippen LogP contribution in [0.25, 0.3) is 17.4 Å². The molecule has 1 fully saturated rings. The number of hydrogen-bond donors (Lipinski definition) is 0. The minimum Gasteiger partial charge on any atom is -0.457 e. The fraction of sp³-hybridized carbons (Fsp3) is 0.125. The minimum atomic E-state index is -0.480. The van der Waals surface area contributed by atoms with Gasteiger partial charge in [-0.25, -0.2) is 0 Å². The van der Waals surface area contributed by atoms with Crippen LogP contribution in [0.3, 0.4) is 0 Å². The third kappa shape index (κ3) is 3.38. The second-order valence-electron chi connectivity index (χ2n) is 5.05. The van der Waals surface area contributed by atoms with Gasteiger partial charge in [0, 0.05) is 34.8 Å². The lowest BCUT2D eigenvalue weighted by Gasteiger charge is -2.06. The fourth-order valence-corrected chi connectivity index (χ4v) is 3.74. The van der Waals surface area contributed by atoms with Crippen molar-refractivity contribution in [3.05, 3.63) is 55.6 Å². The van der Waals surface area contributed by atoms with Crippen LogP contribution in [0.15, 0.2) is 44.1 Å². The molecule has 7 nitrogen and oxygen atoms in total. The van der Waals surface area contributed by atoms with Gasteiger partial charge in [0.25, 0.3) is 16.8 Å². The van der Waals surface area contributed by atoms with Gasteiger partial charge >= 0.3 is 0 Å². The van der Waals surface area contributed by atoms with E-state index in [0.717, 1.165) is 16.7 Å². The summed E-state index contributed by atoms with van der Waals surface area (Å²) in [6.07, 6.45) is 1.52. The fourth-order valence-electron chi connectivity index (χ4n) is 2.29. The van der Waals surface area contributed by atoms with Crippen LogP contribution >= 0.6 is 27.7 Å². The maximum atomic E-state index is 12.1. The zero-order valence-electron chi connectivity index (χ0n) is 12.9. The van der Waals surface area contributed by atoms with Gasteiger partial charge in [0.15, 0.2) is 0 Å². The van der Waals surface area contributed by atoms with E-state index in [9.17, 15) is 19.7 Å². The van der Waals surface area contributed by atoms with E-state index in [0.29, 0.717) is 33.0 Å². The van der Waals surface area contributed by atoms with Gasteiger partial charge in [-0.05, 0) is 52.8 Å². The number of carbonyl (C=O) groups is 2. The van der Waals surface area contributed by atoms with E-state index in [-0.39, 0.29) is 16.8 Å². The molecule has 9 heteroatoms. The Labute approximate surface area is 155 Å². The Hall–Kier alpha value is -2.39. The van der Waals surface area contributed by atoms with Crippen molar-refractivity contribution >= 4 is 50.6 Å². The van der Waals surface area contributed by atoms with Gasteiger partial charge in [0.1, 0.15) is 11.5 Å². The smallest absolute Gasteiger partial charge is 0.293 e. The second kappa shape index (κ2) is 6.85. The normalized spacial score (nSPS) is 16.1. The predicted molar refractivity (Wildman–Crippen MR) is 96.8 cm³/mol. The Morgan fingerprint density at radius 2 is 2.08 bits per heavy atom. The van der Waals surface area contributed by atoms with Gasteiger partial charge in [-0.1, -0.05) is 0 Å². The highest BCUT2D eigenvalue weighted by Gasteiger charge is 2.33. The second-order valence-corrected chi connectivity index (χ2v) is 6.90. The SMILES string of the molecule is CCN1C(=O)S/C(=C\c2ccc(-c3ccc([N+](=O)[O-])cc3Br)o2)C1=O. The molecule has 0 aliphatic carbocycles. The van der Waals surface area contributed by atoms with E-state index >= 15 is 0 Å². The highest BCUT2D eigenvalue weighted by Crippen LogP contribution is 2.35. The summed E-state index contributed by atoms with van der Waals surface area (Å²) in [4.78, 5) is 35.6. The molecule has 1 aromatic carbocycles. The molecule has 0 spiro atoms. The average Bonchev–Trinajstić information content (AvgIpc) is 3.12. The first kappa shape index (κ1) is 17.4. The molecule has 0 atom stereocenters. The first-order chi connectivity index (χ1) is 11.9. The zero-order valence-corrected chi connectivity index (χ0v) is 15.3. The van der Waals surface area contributed by atoms with Crippen LogP contribution in [0.2, 0.25) is 0 Å². The molecule has 25 heavy (non-hydrogen) atoms. The summed E-state index contributed by atoms with van der Waals surface area (Å²) < 4.78 is 6.22. The van der Waals surface area contributed by atoms with Crippen molar-refractivity contribution < 1.29 is 18.9 Å². The number of benzene rings is 1. The molecule has 1 saturated heterocycles. The Balaban J connectivity index is 1.89. The first-order valence-corrected chi connectivity index (χ1v) is 8.81. The quantitative estimate of drug-likeness (QED) is 0.403. The van der Waals surface area contributed by atoms with Crippen molar-refractivity contribution in [2.45, 2.75) is 6.92 Å². The summed E-state index contributed by atoms with van der Waals surface area (Å²) in [5, 5.41) is 10.5. The van der Waals surface area contributed by atoms with Crippen molar-refractivity contribution in [2.75, 3.05) is 6.54 Å². The summed E-state index contributed by atoms with van der Waals surface area (Å²) in [6.45, 7) is 2.05. The average molecular weight is 423 g/mol. The molecule has 1 aromatic heterocycles. The lowest BCUT2D eigenvalue weighted by molar-refractivity contribution is -0.384. The Morgan fingerprint density at radius 3 is 2.68 bits per heavy atom. The third-order valence-corrected chi connectivity index (χ3v) is 5.08. The molecular formula is C16H11BrN2O5S. The number of hydrogen-bond acceptors (Lipinski definition) is 6. The molecule has 1 aliphatic heterocycles. The molecular weight excluding hydrogens is 412 g/mol. The molecule has 2 amide bonds. The molecule has 2 aromatic rings. The number of nitro benzene ring substituents is 1. The molecule has 0 unspecified atom stereocenters. The van der Waals surface area contributed by atoms with Crippen molar-refractivity contribution in [3.63, 3.8) is 0 Å². The van der Waals surface area contributed by atoms with E-state index in [2.05, 4.69) is 15.9 Å². The number of nitro groups is 1. The van der Waals surface area contributed by atoms with Crippen LogP contribution in [-0.4, -0.2) is 27.5 Å². The third-order valence-electron chi connectivity index (χ3n) is 3.52. The number of nitrogens with zero attached hydrogens (tertiary/aromatic N) is 2. The van der Waals surface area contributed by atoms with E-state index in [1.165, 1.54) is 18.2 Å². The maximum absolute atomic E-state index is 12.1. The van der Waals surface area contributed by atoms with E-state index in [4.69, 9.17) is 4.42 Å². The molecule has 1 aliphatic rings. The molecule has 0 saturated carbocycles. The van der Waals surface area contributed by atoms with Gasteiger partial charge in [-0.2, -0.15) is 0 Å². The minimum absolute atomic E-state index is 0.0318. The number of halogens is 1. The van der Waals surface area contributed by atoms with Crippen LogP contribution in [0, 0.1) is 10.1 Å². The highest BCUT2D eigenvalue weighted by atomic mass is 79.9. The Kier molecular flexibility index (Phi) is 4.78. The van der Waals surface area contributed by atoms with Crippen molar-refractivity contribution in [2.24, 2.45) is 0 Å². The number of likely N-dealkylation sites (N-methyl/N-ethyl adjacent to an activating group) is 1. The highest BCUT2D eigenvalue weighted by molar-refractivity contribution is 9.10. The lowest BCUT2D eigenvalue weighted by Crippen LogP contribution is -2.27. The van der Waals surface area contributed by atoms with Crippen molar-refractivity contribution in [1.82, 2.24) is 4.90 Å². The Bertz CT molecular complexity index is 921. The van der Waals surface area contributed by atoms with Gasteiger partial charge in [-0.3, -0.25) is 24.6 Å². The standard InChI is InChI=1S/C16H11BrN2O5S/c1-2-18-15(20)14(25-16(18)21)8-10-4-6-13(24-10)11-5-3-9(19(22)23)7-12(11)17/h3-8H,2H2,1H3/b14-8-. The van der Waals surface area contributed by atoms with E-state index in [1.54, 1.807) is 25.1 Å². The first-order valence-electron chi connectivity index (χ1n) is 7.20. The molecule has 128 valence electrons. The van der Waals surface area contributed by atoms with Crippen LogP contribution in [0.5, 0.6) is 0 Å². The van der Waals surface area contributed by atoms with E-state index in [1.807, 2.05) is 0 Å². The van der Waals surface area contributed by atoms with E-state index < -0.39 is 4.92 Å². The van der Waals surface area contributed by atoms with Gasteiger partial charge in [-0.15, -0.1) is 0 Å². The predicted octanol–water partition coefficient (Wildman–Crippen LogP) is 4.67. The summed E-state index contributed by atoms with van der Waals surface area (Å²) in [5.41, 5.74) is 0.613. The summed E-state index contributed by atoms with van der Waals surface area (Å²) in [6, 6.07) is 7.72. The number of rotatable bonds is 4. The summed E-state index contributed by atoms with van der Waals surface area (Å²) in [7, 11) is 0. The van der Waals surface area contributed by atoms with Crippen LogP contribution in [0.1, 0.15) is 12.7 Å². The topological polar surface area (TPSA) is 93.7 Å². The maximum Gasteiger partial charge on any atom is 0.293 e. The molecule has 3 rings (SSSR count). The number of imide groups is 1. The number of non-ortho nitro benzene ring substituents is 1. The van der Waals surface area contributed by atoms with Crippen molar-refractivity contribution in [3.8, 4) is 11.3 Å². The largest absolute Gasteiger partial charge is 0.457 e. The lowest BCUT2D eigenvalue weighted by atomic mass is 10.1. The van der Waals surface area contributed by atoms with Crippen LogP contribution in [0.4, 0.5) is 10.5 Å². The van der Waals surface area contributed by atoms with Crippen LogP contribution in [-0.2, 0) is 4.79 Å². The Morgan fingerprint density at radius 1 is 1.32 bits per heavy atom. The zero-order chi connectivity index (χ0) is 18.1.